The molecule has 2 aromatic rings. The van der Waals surface area contributed by atoms with Gasteiger partial charge < -0.3 is 10.5 Å². The molecule has 0 aliphatic rings. The Hall–Kier alpha value is -1.39. The number of nitrogen functional groups attached to an aromatic ring is 1. The summed E-state index contributed by atoms with van der Waals surface area (Å²) in [6.07, 6.45) is 0. The van der Waals surface area contributed by atoms with Crippen LogP contribution in [0.2, 0.25) is 5.02 Å². The number of hydrogen-bond acceptors (Lipinski definition) is 4. The van der Waals surface area contributed by atoms with E-state index in [2.05, 4.69) is 4.98 Å². The number of thioether (sulfide) groups is 1. The summed E-state index contributed by atoms with van der Waals surface area (Å²) < 4.78 is 5.24. The minimum absolute atomic E-state index is 0.671. The molecule has 3 nitrogen and oxygen atoms in total. The van der Waals surface area contributed by atoms with E-state index in [0.29, 0.717) is 16.5 Å². The first-order valence-electron chi connectivity index (χ1n) is 5.78. The van der Waals surface area contributed by atoms with Gasteiger partial charge in [-0.15, -0.1) is 11.8 Å². The maximum absolute atomic E-state index is 6.14. The number of rotatable bonds is 4. The predicted octanol–water partition coefficient (Wildman–Crippen LogP) is 3.93. The van der Waals surface area contributed by atoms with Crippen LogP contribution in [-0.2, 0) is 5.75 Å². The molecular formula is C14H15ClN2OS. The van der Waals surface area contributed by atoms with Crippen LogP contribution in [0.4, 0.5) is 5.69 Å². The van der Waals surface area contributed by atoms with Crippen LogP contribution < -0.4 is 10.5 Å². The standard InChI is InChI=1S/C14H15ClN2OS/c1-9-6-11(18-2)7-10(17-9)8-19-14-12(15)4-3-5-13(14)16/h3-7H,8,16H2,1-2H3. The number of nitrogens with zero attached hydrogens (tertiary/aromatic N) is 1. The average molecular weight is 295 g/mol. The van der Waals surface area contributed by atoms with E-state index < -0.39 is 0 Å². The molecule has 5 heteroatoms. The van der Waals surface area contributed by atoms with Gasteiger partial charge in [-0.3, -0.25) is 4.98 Å². The Bertz CT molecular complexity index is 569. The number of ether oxygens (including phenoxy) is 1. The molecule has 0 atom stereocenters. The number of halogens is 1. The number of aromatic nitrogens is 1. The van der Waals surface area contributed by atoms with E-state index in [0.717, 1.165) is 22.0 Å². The summed E-state index contributed by atoms with van der Waals surface area (Å²) in [4.78, 5) is 5.37. The van der Waals surface area contributed by atoms with E-state index >= 15 is 0 Å². The fourth-order valence-corrected chi connectivity index (χ4v) is 2.94. The summed E-state index contributed by atoms with van der Waals surface area (Å²) in [5.41, 5.74) is 8.49. The zero-order chi connectivity index (χ0) is 13.8. The summed E-state index contributed by atoms with van der Waals surface area (Å²) in [6.45, 7) is 1.94. The largest absolute Gasteiger partial charge is 0.497 e. The molecular weight excluding hydrogens is 280 g/mol. The van der Waals surface area contributed by atoms with Gasteiger partial charge in [-0.2, -0.15) is 0 Å². The molecule has 0 saturated carbocycles. The highest BCUT2D eigenvalue weighted by molar-refractivity contribution is 7.98. The van der Waals surface area contributed by atoms with Gasteiger partial charge in [0.05, 0.1) is 17.8 Å². The van der Waals surface area contributed by atoms with E-state index in [-0.39, 0.29) is 0 Å². The van der Waals surface area contributed by atoms with Crippen molar-refractivity contribution in [1.82, 2.24) is 4.98 Å². The second-order valence-corrected chi connectivity index (χ2v) is 5.48. The highest BCUT2D eigenvalue weighted by Gasteiger charge is 2.07. The lowest BCUT2D eigenvalue weighted by Gasteiger charge is -2.09. The normalized spacial score (nSPS) is 10.5. The summed E-state index contributed by atoms with van der Waals surface area (Å²) in [6, 6.07) is 9.35. The fraction of sp³-hybridized carbons (Fsp3) is 0.214. The number of benzene rings is 1. The second kappa shape index (κ2) is 6.17. The first-order chi connectivity index (χ1) is 9.10. The van der Waals surface area contributed by atoms with Gasteiger partial charge in [0.25, 0.3) is 0 Å². The summed E-state index contributed by atoms with van der Waals surface area (Å²) in [5.74, 6) is 1.52. The van der Waals surface area contributed by atoms with Gasteiger partial charge in [-0.05, 0) is 19.1 Å². The number of pyridine rings is 1. The van der Waals surface area contributed by atoms with Crippen molar-refractivity contribution in [1.29, 1.82) is 0 Å². The smallest absolute Gasteiger partial charge is 0.122 e. The van der Waals surface area contributed by atoms with Crippen LogP contribution in [0.15, 0.2) is 35.2 Å². The van der Waals surface area contributed by atoms with E-state index in [1.807, 2.05) is 37.3 Å². The molecule has 19 heavy (non-hydrogen) atoms. The zero-order valence-corrected chi connectivity index (χ0v) is 12.4. The summed E-state index contributed by atoms with van der Waals surface area (Å²) in [5, 5.41) is 0.671. The SMILES string of the molecule is COc1cc(C)nc(CSc2c(N)cccc2Cl)c1. The monoisotopic (exact) mass is 294 g/mol. The molecule has 0 amide bonds. The average Bonchev–Trinajstić information content (AvgIpc) is 2.37. The van der Waals surface area contributed by atoms with Crippen LogP contribution in [0.5, 0.6) is 5.75 Å². The van der Waals surface area contributed by atoms with Gasteiger partial charge in [0, 0.05) is 34.2 Å². The maximum atomic E-state index is 6.14. The molecule has 0 aliphatic carbocycles. The molecule has 100 valence electrons. The minimum Gasteiger partial charge on any atom is -0.497 e. The predicted molar refractivity (Wildman–Crippen MR) is 81.0 cm³/mol. The van der Waals surface area contributed by atoms with Crippen molar-refractivity contribution in [2.75, 3.05) is 12.8 Å². The van der Waals surface area contributed by atoms with Crippen LogP contribution in [0.25, 0.3) is 0 Å². The maximum Gasteiger partial charge on any atom is 0.122 e. The molecule has 0 unspecified atom stereocenters. The highest BCUT2D eigenvalue weighted by atomic mass is 35.5. The summed E-state index contributed by atoms with van der Waals surface area (Å²) in [7, 11) is 1.65. The lowest BCUT2D eigenvalue weighted by atomic mass is 10.3. The first-order valence-corrected chi connectivity index (χ1v) is 7.15. The molecule has 0 bridgehead atoms. The highest BCUT2D eigenvalue weighted by Crippen LogP contribution is 2.34. The van der Waals surface area contributed by atoms with Crippen molar-refractivity contribution in [3.63, 3.8) is 0 Å². The van der Waals surface area contributed by atoms with E-state index in [9.17, 15) is 0 Å². The van der Waals surface area contributed by atoms with Gasteiger partial charge in [-0.1, -0.05) is 17.7 Å². The Morgan fingerprint density at radius 1 is 1.37 bits per heavy atom. The van der Waals surface area contributed by atoms with Crippen LogP contribution in [0, 0.1) is 6.92 Å². The molecule has 0 radical (unpaired) electrons. The molecule has 0 saturated heterocycles. The number of hydrogen-bond donors (Lipinski definition) is 1. The molecule has 0 fully saturated rings. The van der Waals surface area contributed by atoms with E-state index in [1.165, 1.54) is 0 Å². The Morgan fingerprint density at radius 2 is 2.16 bits per heavy atom. The Balaban J connectivity index is 2.16. The number of nitrogens with two attached hydrogens (primary N) is 1. The molecule has 1 aromatic carbocycles. The van der Waals surface area contributed by atoms with Crippen LogP contribution in [0.1, 0.15) is 11.4 Å². The van der Waals surface area contributed by atoms with Crippen molar-refractivity contribution < 1.29 is 4.74 Å². The molecule has 1 heterocycles. The molecule has 2 rings (SSSR count). The van der Waals surface area contributed by atoms with Crippen molar-refractivity contribution in [3.05, 3.63) is 46.7 Å². The van der Waals surface area contributed by atoms with E-state index in [1.54, 1.807) is 18.9 Å². The number of anilines is 1. The first kappa shape index (κ1) is 14.0. The Kier molecular flexibility index (Phi) is 4.56. The topological polar surface area (TPSA) is 48.1 Å². The second-order valence-electron chi connectivity index (χ2n) is 4.09. The van der Waals surface area contributed by atoms with Crippen LogP contribution in [-0.4, -0.2) is 12.1 Å². The van der Waals surface area contributed by atoms with Gasteiger partial charge in [0.2, 0.25) is 0 Å². The van der Waals surface area contributed by atoms with Crippen LogP contribution in [0.3, 0.4) is 0 Å². The zero-order valence-electron chi connectivity index (χ0n) is 10.8. The number of methoxy groups -OCH3 is 1. The Labute approximate surface area is 122 Å². The third-order valence-corrected chi connectivity index (χ3v) is 4.19. The van der Waals surface area contributed by atoms with Crippen molar-refractivity contribution >= 4 is 29.1 Å². The minimum atomic E-state index is 0.671. The molecule has 1 aromatic heterocycles. The molecule has 2 N–H and O–H groups in total. The van der Waals surface area contributed by atoms with Crippen molar-refractivity contribution in [2.24, 2.45) is 0 Å². The molecule has 0 aliphatic heterocycles. The van der Waals surface area contributed by atoms with Gasteiger partial charge >= 0.3 is 0 Å². The van der Waals surface area contributed by atoms with E-state index in [4.69, 9.17) is 22.1 Å². The van der Waals surface area contributed by atoms with Crippen LogP contribution >= 0.6 is 23.4 Å². The van der Waals surface area contributed by atoms with Gasteiger partial charge in [-0.25, -0.2) is 0 Å². The van der Waals surface area contributed by atoms with Gasteiger partial charge in [0.1, 0.15) is 5.75 Å². The quantitative estimate of drug-likeness (QED) is 0.686. The van der Waals surface area contributed by atoms with Crippen molar-refractivity contribution in [2.45, 2.75) is 17.6 Å². The Morgan fingerprint density at radius 3 is 2.84 bits per heavy atom. The fourth-order valence-electron chi connectivity index (χ4n) is 1.72. The lowest BCUT2D eigenvalue weighted by Crippen LogP contribution is -1.94. The number of aryl methyl sites for hydroxylation is 1. The van der Waals surface area contributed by atoms with Crippen molar-refractivity contribution in [3.8, 4) is 5.75 Å². The lowest BCUT2D eigenvalue weighted by molar-refractivity contribution is 0.413. The van der Waals surface area contributed by atoms with Gasteiger partial charge in [0.15, 0.2) is 0 Å². The summed E-state index contributed by atoms with van der Waals surface area (Å²) >= 11 is 7.72. The third kappa shape index (κ3) is 3.55. The third-order valence-electron chi connectivity index (χ3n) is 2.58. The molecule has 0 spiro atoms.